The maximum atomic E-state index is 12.6. The van der Waals surface area contributed by atoms with Crippen LogP contribution < -0.4 is 10.2 Å². The van der Waals surface area contributed by atoms with E-state index in [-0.39, 0.29) is 5.91 Å². The maximum Gasteiger partial charge on any atom is 0.252 e. The van der Waals surface area contributed by atoms with Crippen LogP contribution in [-0.2, 0) is 11.2 Å². The molecule has 1 saturated heterocycles. The molecule has 0 unspecified atom stereocenters. The van der Waals surface area contributed by atoms with Gasteiger partial charge in [-0.15, -0.1) is 0 Å². The molecule has 6 heteroatoms. The van der Waals surface area contributed by atoms with E-state index in [1.807, 2.05) is 12.3 Å². The molecule has 0 saturated carbocycles. The van der Waals surface area contributed by atoms with Gasteiger partial charge in [0.2, 0.25) is 0 Å². The molecule has 2 aliphatic heterocycles. The van der Waals surface area contributed by atoms with Crippen molar-refractivity contribution in [1.82, 2.24) is 15.2 Å². The predicted octanol–water partition coefficient (Wildman–Crippen LogP) is 2.23. The largest absolute Gasteiger partial charge is 0.379 e. The Morgan fingerprint density at radius 2 is 2.00 bits per heavy atom. The van der Waals surface area contributed by atoms with E-state index in [9.17, 15) is 4.79 Å². The Morgan fingerprint density at radius 3 is 2.89 bits per heavy atom. The number of para-hydroxylation sites is 1. The summed E-state index contributed by atoms with van der Waals surface area (Å²) in [6.07, 6.45) is 5.69. The van der Waals surface area contributed by atoms with Crippen LogP contribution in [0.2, 0.25) is 0 Å². The van der Waals surface area contributed by atoms with Gasteiger partial charge in [0.05, 0.1) is 30.7 Å². The highest BCUT2D eigenvalue weighted by atomic mass is 16.5. The zero-order valence-corrected chi connectivity index (χ0v) is 15.6. The van der Waals surface area contributed by atoms with Gasteiger partial charge >= 0.3 is 0 Å². The summed E-state index contributed by atoms with van der Waals surface area (Å²) >= 11 is 0. The number of hydrogen-bond donors (Lipinski definition) is 1. The summed E-state index contributed by atoms with van der Waals surface area (Å²) in [4.78, 5) is 21.4. The molecule has 1 aromatic carbocycles. The van der Waals surface area contributed by atoms with Gasteiger partial charge in [-0.25, -0.2) is 0 Å². The number of amides is 1. The molecule has 0 bridgehead atoms. The number of benzene rings is 1. The van der Waals surface area contributed by atoms with Gasteiger partial charge in [0.25, 0.3) is 5.91 Å². The van der Waals surface area contributed by atoms with E-state index < -0.39 is 0 Å². The van der Waals surface area contributed by atoms with Crippen LogP contribution in [0.3, 0.4) is 0 Å². The van der Waals surface area contributed by atoms with E-state index in [1.165, 1.54) is 11.3 Å². The lowest BCUT2D eigenvalue weighted by Gasteiger charge is -2.31. The first kappa shape index (κ1) is 17.9. The lowest BCUT2D eigenvalue weighted by Crippen LogP contribution is -2.41. The van der Waals surface area contributed by atoms with Gasteiger partial charge < -0.3 is 15.0 Å². The Balaban J connectivity index is 1.41. The molecule has 0 atom stereocenters. The minimum absolute atomic E-state index is 0.0668. The summed E-state index contributed by atoms with van der Waals surface area (Å²) in [6, 6.07) is 10.4. The van der Waals surface area contributed by atoms with Gasteiger partial charge in [-0.2, -0.15) is 0 Å². The summed E-state index contributed by atoms with van der Waals surface area (Å²) in [6.45, 7) is 5.84. The van der Waals surface area contributed by atoms with Gasteiger partial charge in [-0.05, 0) is 30.5 Å². The Kier molecular flexibility index (Phi) is 5.65. The summed E-state index contributed by atoms with van der Waals surface area (Å²) in [5.41, 5.74) is 4.15. The van der Waals surface area contributed by atoms with Crippen molar-refractivity contribution in [3.8, 4) is 0 Å². The third-order valence-corrected chi connectivity index (χ3v) is 5.23. The van der Waals surface area contributed by atoms with Crippen LogP contribution in [0.15, 0.2) is 42.7 Å². The van der Waals surface area contributed by atoms with Crippen LogP contribution in [-0.4, -0.2) is 61.7 Å². The van der Waals surface area contributed by atoms with Crippen molar-refractivity contribution in [2.75, 3.05) is 50.8 Å². The first-order valence-electron chi connectivity index (χ1n) is 9.70. The van der Waals surface area contributed by atoms with E-state index in [0.29, 0.717) is 12.1 Å². The molecule has 3 heterocycles. The van der Waals surface area contributed by atoms with Crippen molar-refractivity contribution in [2.24, 2.45) is 0 Å². The van der Waals surface area contributed by atoms with Crippen molar-refractivity contribution in [1.29, 1.82) is 0 Å². The Labute approximate surface area is 160 Å². The van der Waals surface area contributed by atoms with Crippen LogP contribution in [0.4, 0.5) is 11.4 Å². The number of carbonyl (C=O) groups excluding carboxylic acids is 1. The fourth-order valence-corrected chi connectivity index (χ4v) is 3.76. The molecule has 2 aromatic rings. The van der Waals surface area contributed by atoms with Crippen molar-refractivity contribution in [2.45, 2.75) is 12.8 Å². The smallest absolute Gasteiger partial charge is 0.252 e. The van der Waals surface area contributed by atoms with Gasteiger partial charge in [-0.3, -0.25) is 14.7 Å². The van der Waals surface area contributed by atoms with Crippen molar-refractivity contribution in [3.63, 3.8) is 0 Å². The first-order chi connectivity index (χ1) is 13.3. The fraction of sp³-hybridized carbons (Fsp3) is 0.429. The van der Waals surface area contributed by atoms with Crippen molar-refractivity contribution in [3.05, 3.63) is 53.9 Å². The summed E-state index contributed by atoms with van der Waals surface area (Å²) in [5.74, 6) is -0.0668. The molecule has 6 nitrogen and oxygen atoms in total. The second-order valence-electron chi connectivity index (χ2n) is 7.03. The topological polar surface area (TPSA) is 57.7 Å². The number of carbonyl (C=O) groups is 1. The highest BCUT2D eigenvalue weighted by Crippen LogP contribution is 2.33. The van der Waals surface area contributed by atoms with E-state index in [1.54, 1.807) is 6.20 Å². The van der Waals surface area contributed by atoms with Gasteiger partial charge in [0.1, 0.15) is 0 Å². The molecular formula is C21H26N4O2. The molecule has 1 aromatic heterocycles. The lowest BCUT2D eigenvalue weighted by molar-refractivity contribution is 0.0383. The average molecular weight is 366 g/mol. The summed E-state index contributed by atoms with van der Waals surface area (Å²) < 4.78 is 5.35. The molecule has 0 spiro atoms. The number of nitrogens with zero attached hydrogens (tertiary/aromatic N) is 3. The number of ether oxygens (including phenoxy) is 1. The van der Waals surface area contributed by atoms with E-state index in [2.05, 4.69) is 44.4 Å². The predicted molar refractivity (Wildman–Crippen MR) is 106 cm³/mol. The lowest BCUT2D eigenvalue weighted by atomic mass is 10.0. The van der Waals surface area contributed by atoms with Crippen molar-refractivity contribution < 1.29 is 9.53 Å². The number of rotatable bonds is 5. The van der Waals surface area contributed by atoms with Gasteiger partial charge in [0.15, 0.2) is 0 Å². The van der Waals surface area contributed by atoms with Crippen LogP contribution in [0.1, 0.15) is 22.3 Å². The molecule has 0 radical (unpaired) electrons. The van der Waals surface area contributed by atoms with E-state index in [0.717, 1.165) is 57.9 Å². The molecule has 27 heavy (non-hydrogen) atoms. The average Bonchev–Trinajstić information content (AvgIpc) is 2.74. The second-order valence-corrected chi connectivity index (χ2v) is 7.03. The second kappa shape index (κ2) is 8.50. The highest BCUT2D eigenvalue weighted by molar-refractivity contribution is 5.95. The Hall–Kier alpha value is -2.44. The number of hydrogen-bond acceptors (Lipinski definition) is 5. The normalized spacial score (nSPS) is 17.4. The highest BCUT2D eigenvalue weighted by Gasteiger charge is 2.19. The molecule has 2 aliphatic rings. The standard InChI is InChI=1S/C21H26N4O2/c26-21(23-7-9-24-10-12-27-13-11-24)18-14-19(16-22-15-18)25-8-3-5-17-4-1-2-6-20(17)25/h1-2,4,6,14-16H,3,5,7-13H2,(H,23,26). The SMILES string of the molecule is O=C(NCCN1CCOCC1)c1cncc(N2CCCc3ccccc32)c1. The van der Waals surface area contributed by atoms with Crippen molar-refractivity contribution >= 4 is 17.3 Å². The molecule has 1 amide bonds. The van der Waals surface area contributed by atoms with E-state index in [4.69, 9.17) is 4.74 Å². The molecule has 1 fully saturated rings. The zero-order chi connectivity index (χ0) is 18.5. The Morgan fingerprint density at radius 1 is 1.15 bits per heavy atom. The zero-order valence-electron chi connectivity index (χ0n) is 15.6. The van der Waals surface area contributed by atoms with Crippen LogP contribution in [0.5, 0.6) is 0 Å². The summed E-state index contributed by atoms with van der Waals surface area (Å²) in [5, 5.41) is 3.02. The summed E-state index contributed by atoms with van der Waals surface area (Å²) in [7, 11) is 0. The van der Waals surface area contributed by atoms with Gasteiger partial charge in [-0.1, -0.05) is 18.2 Å². The van der Waals surface area contributed by atoms with Crippen LogP contribution >= 0.6 is 0 Å². The fourth-order valence-electron chi connectivity index (χ4n) is 3.76. The number of fused-ring (bicyclic) bond motifs is 1. The number of aryl methyl sites for hydroxylation is 1. The quantitative estimate of drug-likeness (QED) is 0.879. The molecular weight excluding hydrogens is 340 g/mol. The monoisotopic (exact) mass is 366 g/mol. The molecule has 142 valence electrons. The molecule has 0 aliphatic carbocycles. The van der Waals surface area contributed by atoms with E-state index >= 15 is 0 Å². The van der Waals surface area contributed by atoms with Crippen LogP contribution in [0, 0.1) is 0 Å². The third kappa shape index (κ3) is 4.28. The minimum atomic E-state index is -0.0668. The maximum absolute atomic E-state index is 12.6. The number of nitrogens with one attached hydrogen (secondary N) is 1. The first-order valence-corrected chi connectivity index (χ1v) is 9.70. The van der Waals surface area contributed by atoms with Gasteiger partial charge in [0, 0.05) is 44.6 Å². The molecule has 1 N–H and O–H groups in total. The molecule has 4 rings (SSSR count). The Bertz CT molecular complexity index is 789. The van der Waals surface area contributed by atoms with Crippen LogP contribution in [0.25, 0.3) is 0 Å². The minimum Gasteiger partial charge on any atom is -0.379 e. The number of morpholine rings is 1. The number of pyridine rings is 1. The number of anilines is 2. The number of aromatic nitrogens is 1. The third-order valence-electron chi connectivity index (χ3n) is 5.23.